The minimum absolute atomic E-state index is 0.0323. The van der Waals surface area contributed by atoms with Gasteiger partial charge in [-0.2, -0.15) is 9.40 Å². The first-order chi connectivity index (χ1) is 11.1. The quantitative estimate of drug-likeness (QED) is 0.679. The number of nitrogens with zero attached hydrogens (tertiary/aromatic N) is 2. The SMILES string of the molecule is Cc1n[nH]c(C)c1S(=O)(=O)N1CCCC(C(=O)NC(C)C(=O)O)C1. The number of hydrogen-bond acceptors (Lipinski definition) is 5. The van der Waals surface area contributed by atoms with E-state index in [0.29, 0.717) is 30.8 Å². The monoisotopic (exact) mass is 358 g/mol. The van der Waals surface area contributed by atoms with Gasteiger partial charge in [0.25, 0.3) is 0 Å². The maximum absolute atomic E-state index is 12.8. The molecule has 2 atom stereocenters. The summed E-state index contributed by atoms with van der Waals surface area (Å²) < 4.78 is 26.9. The minimum Gasteiger partial charge on any atom is -0.480 e. The third-order valence-corrected chi connectivity index (χ3v) is 6.27. The second kappa shape index (κ2) is 6.89. The van der Waals surface area contributed by atoms with Crippen molar-refractivity contribution >= 4 is 21.9 Å². The number of sulfonamides is 1. The van der Waals surface area contributed by atoms with Crippen LogP contribution in [0, 0.1) is 19.8 Å². The number of aliphatic carboxylic acids is 1. The van der Waals surface area contributed by atoms with Gasteiger partial charge in [-0.15, -0.1) is 0 Å². The average molecular weight is 358 g/mol. The maximum atomic E-state index is 12.8. The number of aromatic nitrogens is 2. The minimum atomic E-state index is -3.75. The number of carboxylic acid groups (broad SMARTS) is 1. The molecule has 1 fully saturated rings. The van der Waals surface area contributed by atoms with Crippen molar-refractivity contribution in [3.8, 4) is 0 Å². The Hall–Kier alpha value is -1.94. The van der Waals surface area contributed by atoms with E-state index in [2.05, 4.69) is 15.5 Å². The molecule has 24 heavy (non-hydrogen) atoms. The number of nitrogens with one attached hydrogen (secondary N) is 2. The van der Waals surface area contributed by atoms with Crippen LogP contribution in [0.3, 0.4) is 0 Å². The predicted octanol–water partition coefficient (Wildman–Crippen LogP) is 0.0165. The summed E-state index contributed by atoms with van der Waals surface area (Å²) >= 11 is 0. The number of rotatable bonds is 5. The van der Waals surface area contributed by atoms with Gasteiger partial charge in [0.15, 0.2) is 0 Å². The lowest BCUT2D eigenvalue weighted by Gasteiger charge is -2.31. The lowest BCUT2D eigenvalue weighted by Crippen LogP contribution is -2.48. The molecule has 2 unspecified atom stereocenters. The summed E-state index contributed by atoms with van der Waals surface area (Å²) in [5.41, 5.74) is 0.845. The summed E-state index contributed by atoms with van der Waals surface area (Å²) in [4.78, 5) is 23.2. The zero-order chi connectivity index (χ0) is 18.1. The van der Waals surface area contributed by atoms with Crippen LogP contribution in [0.5, 0.6) is 0 Å². The fraction of sp³-hybridized carbons (Fsp3) is 0.643. The van der Waals surface area contributed by atoms with Gasteiger partial charge in [0, 0.05) is 13.1 Å². The number of carbonyl (C=O) groups is 2. The van der Waals surface area contributed by atoms with Crippen molar-refractivity contribution in [3.05, 3.63) is 11.4 Å². The third-order valence-electron chi connectivity index (χ3n) is 4.14. The number of piperidine rings is 1. The first-order valence-corrected chi connectivity index (χ1v) is 9.13. The number of hydrogen-bond donors (Lipinski definition) is 3. The molecule has 134 valence electrons. The Morgan fingerprint density at radius 2 is 2.08 bits per heavy atom. The number of carbonyl (C=O) groups excluding carboxylic acids is 1. The van der Waals surface area contributed by atoms with Gasteiger partial charge in [-0.05, 0) is 33.6 Å². The Labute approximate surface area is 140 Å². The molecule has 1 aliphatic rings. The van der Waals surface area contributed by atoms with Crippen LogP contribution in [0.2, 0.25) is 0 Å². The Balaban J connectivity index is 2.16. The number of amides is 1. The van der Waals surface area contributed by atoms with E-state index < -0.39 is 33.9 Å². The molecule has 0 radical (unpaired) electrons. The van der Waals surface area contributed by atoms with Crippen LogP contribution in [-0.4, -0.2) is 59.0 Å². The zero-order valence-electron chi connectivity index (χ0n) is 13.9. The Morgan fingerprint density at radius 1 is 1.42 bits per heavy atom. The molecule has 0 aliphatic carbocycles. The molecule has 2 heterocycles. The van der Waals surface area contributed by atoms with Crippen molar-refractivity contribution in [3.63, 3.8) is 0 Å². The van der Waals surface area contributed by atoms with Crippen molar-refractivity contribution in [2.24, 2.45) is 5.92 Å². The van der Waals surface area contributed by atoms with Crippen LogP contribution in [0.15, 0.2) is 4.90 Å². The van der Waals surface area contributed by atoms with Gasteiger partial charge in [0.05, 0.1) is 17.3 Å². The van der Waals surface area contributed by atoms with E-state index in [0.717, 1.165) is 0 Å². The second-order valence-corrected chi connectivity index (χ2v) is 7.91. The largest absolute Gasteiger partial charge is 0.480 e. The molecule has 2 rings (SSSR count). The van der Waals surface area contributed by atoms with E-state index in [1.54, 1.807) is 13.8 Å². The van der Waals surface area contributed by atoms with Crippen molar-refractivity contribution in [2.75, 3.05) is 13.1 Å². The van der Waals surface area contributed by atoms with Crippen LogP contribution < -0.4 is 5.32 Å². The smallest absolute Gasteiger partial charge is 0.325 e. The van der Waals surface area contributed by atoms with Gasteiger partial charge in [-0.1, -0.05) is 0 Å². The molecule has 9 nitrogen and oxygen atoms in total. The van der Waals surface area contributed by atoms with Crippen LogP contribution >= 0.6 is 0 Å². The lowest BCUT2D eigenvalue weighted by molar-refractivity contribution is -0.142. The topological polar surface area (TPSA) is 132 Å². The van der Waals surface area contributed by atoms with Crippen molar-refractivity contribution in [1.29, 1.82) is 0 Å². The molecule has 10 heteroatoms. The predicted molar refractivity (Wildman–Crippen MR) is 84.8 cm³/mol. The lowest BCUT2D eigenvalue weighted by atomic mass is 9.98. The molecule has 1 aromatic heterocycles. The van der Waals surface area contributed by atoms with Gasteiger partial charge in [0.1, 0.15) is 10.9 Å². The van der Waals surface area contributed by atoms with Gasteiger partial charge < -0.3 is 10.4 Å². The molecule has 1 saturated heterocycles. The number of H-pyrrole nitrogens is 1. The van der Waals surface area contributed by atoms with Crippen molar-refractivity contribution < 1.29 is 23.1 Å². The Kier molecular flexibility index (Phi) is 5.29. The van der Waals surface area contributed by atoms with E-state index >= 15 is 0 Å². The van der Waals surface area contributed by atoms with E-state index in [9.17, 15) is 18.0 Å². The highest BCUT2D eigenvalue weighted by Crippen LogP contribution is 2.26. The molecule has 0 aromatic carbocycles. The molecular weight excluding hydrogens is 336 g/mol. The highest BCUT2D eigenvalue weighted by molar-refractivity contribution is 7.89. The van der Waals surface area contributed by atoms with E-state index in [4.69, 9.17) is 5.11 Å². The molecular formula is C14H22N4O5S. The zero-order valence-corrected chi connectivity index (χ0v) is 14.7. The van der Waals surface area contributed by atoms with Crippen molar-refractivity contribution in [1.82, 2.24) is 19.8 Å². The Morgan fingerprint density at radius 3 is 2.62 bits per heavy atom. The van der Waals surface area contributed by atoms with Crippen LogP contribution in [0.25, 0.3) is 0 Å². The molecule has 0 saturated carbocycles. The summed E-state index contributed by atoms with van der Waals surface area (Å²) in [5, 5.41) is 17.8. The molecule has 1 aromatic rings. The highest BCUT2D eigenvalue weighted by atomic mass is 32.2. The summed E-state index contributed by atoms with van der Waals surface area (Å²) in [6, 6.07) is -1.01. The normalized spacial score (nSPS) is 20.5. The number of carboxylic acids is 1. The maximum Gasteiger partial charge on any atom is 0.325 e. The van der Waals surface area contributed by atoms with E-state index in [1.165, 1.54) is 11.2 Å². The molecule has 1 aliphatic heterocycles. The van der Waals surface area contributed by atoms with E-state index in [1.807, 2.05) is 0 Å². The van der Waals surface area contributed by atoms with Crippen LogP contribution in [-0.2, 0) is 19.6 Å². The summed E-state index contributed by atoms with van der Waals surface area (Å²) in [6.45, 7) is 4.97. The van der Waals surface area contributed by atoms with Crippen molar-refractivity contribution in [2.45, 2.75) is 44.6 Å². The number of aryl methyl sites for hydroxylation is 2. The molecule has 1 amide bonds. The van der Waals surface area contributed by atoms with Gasteiger partial charge in [-0.3, -0.25) is 14.7 Å². The first kappa shape index (κ1) is 18.4. The molecule has 0 spiro atoms. The third kappa shape index (κ3) is 3.59. The molecule has 3 N–H and O–H groups in total. The van der Waals surface area contributed by atoms with Gasteiger partial charge >= 0.3 is 5.97 Å². The fourth-order valence-corrected chi connectivity index (χ4v) is 4.67. The number of aromatic amines is 1. The highest BCUT2D eigenvalue weighted by Gasteiger charge is 2.36. The Bertz CT molecular complexity index is 723. The second-order valence-electron chi connectivity index (χ2n) is 6.03. The molecule has 0 bridgehead atoms. The van der Waals surface area contributed by atoms with Crippen LogP contribution in [0.4, 0.5) is 0 Å². The fourth-order valence-electron chi connectivity index (χ4n) is 2.82. The first-order valence-electron chi connectivity index (χ1n) is 7.69. The average Bonchev–Trinajstić information content (AvgIpc) is 2.86. The van der Waals surface area contributed by atoms with Gasteiger partial charge in [0.2, 0.25) is 15.9 Å². The standard InChI is InChI=1S/C14H22N4O5S/c1-8-12(9(2)17-16-8)24(22,23)18-6-4-5-11(7-18)13(19)15-10(3)14(20)21/h10-11H,4-7H2,1-3H3,(H,15,19)(H,16,17)(H,20,21). The van der Waals surface area contributed by atoms with Crippen LogP contribution in [0.1, 0.15) is 31.2 Å². The van der Waals surface area contributed by atoms with E-state index in [-0.39, 0.29) is 11.4 Å². The summed E-state index contributed by atoms with van der Waals surface area (Å²) in [6.07, 6.45) is 1.06. The van der Waals surface area contributed by atoms with Gasteiger partial charge in [-0.25, -0.2) is 8.42 Å². The summed E-state index contributed by atoms with van der Waals surface area (Å²) in [7, 11) is -3.75. The summed E-state index contributed by atoms with van der Waals surface area (Å²) in [5.74, 6) is -2.14.